The molecule has 1 heterocycles. The first-order valence-corrected chi connectivity index (χ1v) is 3.99. The third-order valence-electron chi connectivity index (χ3n) is 1.81. The number of nitrogens with zero attached hydrogens (tertiary/aromatic N) is 1. The van der Waals surface area contributed by atoms with E-state index in [1.54, 1.807) is 7.11 Å². The van der Waals surface area contributed by atoms with E-state index < -0.39 is 0 Å². The van der Waals surface area contributed by atoms with Gasteiger partial charge in [-0.3, -0.25) is 0 Å². The highest BCUT2D eigenvalue weighted by Gasteiger charge is 2.04. The summed E-state index contributed by atoms with van der Waals surface area (Å²) in [5.41, 5.74) is 6.50. The minimum atomic E-state index is 0.292. The van der Waals surface area contributed by atoms with Gasteiger partial charge in [-0.1, -0.05) is 13.0 Å². The van der Waals surface area contributed by atoms with Crippen LogP contribution in [0.3, 0.4) is 0 Å². The zero-order valence-corrected chi connectivity index (χ0v) is 7.45. The Labute approximate surface area is 72.6 Å². The van der Waals surface area contributed by atoms with Gasteiger partial charge in [0.1, 0.15) is 0 Å². The van der Waals surface area contributed by atoms with Gasteiger partial charge in [0.15, 0.2) is 0 Å². The number of hydrogen-bond donors (Lipinski definition) is 1. The highest BCUT2D eigenvalue weighted by Crippen LogP contribution is 2.14. The third kappa shape index (κ3) is 1.95. The summed E-state index contributed by atoms with van der Waals surface area (Å²) in [5, 5.41) is 0. The predicted molar refractivity (Wildman–Crippen MR) is 48.3 cm³/mol. The van der Waals surface area contributed by atoms with Crippen molar-refractivity contribution in [2.24, 2.45) is 5.73 Å². The molecule has 0 aliphatic carbocycles. The Morgan fingerprint density at radius 3 is 2.92 bits per heavy atom. The molecule has 0 aliphatic rings. The summed E-state index contributed by atoms with van der Waals surface area (Å²) < 4.78 is 5.00. The first kappa shape index (κ1) is 9.00. The Bertz CT molecular complexity index is 250. The van der Waals surface area contributed by atoms with E-state index in [9.17, 15) is 0 Å². The van der Waals surface area contributed by atoms with Gasteiger partial charge in [-0.05, 0) is 6.07 Å². The zero-order valence-electron chi connectivity index (χ0n) is 7.45. The number of nitrogens with two attached hydrogens (primary N) is 1. The highest BCUT2D eigenvalue weighted by atomic mass is 16.5. The Hall–Kier alpha value is -1.09. The van der Waals surface area contributed by atoms with E-state index in [0.29, 0.717) is 18.3 Å². The zero-order chi connectivity index (χ0) is 8.97. The fourth-order valence-electron chi connectivity index (χ4n) is 0.940. The fourth-order valence-corrected chi connectivity index (χ4v) is 0.940. The van der Waals surface area contributed by atoms with E-state index in [1.165, 1.54) is 0 Å². The standard InChI is InChI=1S/C9H14N2O/c1-7(6-10)8-4-3-5-9(11-8)12-2/h3-5,7H,6,10H2,1-2H3/t7-/m1/s1. The monoisotopic (exact) mass is 166 g/mol. The average Bonchev–Trinajstić information content (AvgIpc) is 2.17. The Balaban J connectivity index is 2.86. The van der Waals surface area contributed by atoms with E-state index in [0.717, 1.165) is 5.69 Å². The second-order valence-electron chi connectivity index (χ2n) is 2.74. The van der Waals surface area contributed by atoms with Crippen LogP contribution in [0.15, 0.2) is 18.2 Å². The van der Waals surface area contributed by atoms with Gasteiger partial charge < -0.3 is 10.5 Å². The number of pyridine rings is 1. The van der Waals surface area contributed by atoms with E-state index in [4.69, 9.17) is 10.5 Å². The normalized spacial score (nSPS) is 12.6. The minimum Gasteiger partial charge on any atom is -0.481 e. The van der Waals surface area contributed by atoms with Crippen LogP contribution < -0.4 is 10.5 Å². The van der Waals surface area contributed by atoms with E-state index in [-0.39, 0.29) is 0 Å². The van der Waals surface area contributed by atoms with Crippen LogP contribution >= 0.6 is 0 Å². The molecule has 0 unspecified atom stereocenters. The van der Waals surface area contributed by atoms with Gasteiger partial charge in [0.2, 0.25) is 5.88 Å². The van der Waals surface area contributed by atoms with Crippen molar-refractivity contribution < 1.29 is 4.74 Å². The quantitative estimate of drug-likeness (QED) is 0.732. The van der Waals surface area contributed by atoms with E-state index in [1.807, 2.05) is 25.1 Å². The molecule has 1 aromatic heterocycles. The molecule has 0 amide bonds. The molecule has 0 bridgehead atoms. The van der Waals surface area contributed by atoms with Gasteiger partial charge in [-0.2, -0.15) is 0 Å². The summed E-state index contributed by atoms with van der Waals surface area (Å²) in [6, 6.07) is 5.71. The van der Waals surface area contributed by atoms with Crippen LogP contribution in [0.2, 0.25) is 0 Å². The highest BCUT2D eigenvalue weighted by molar-refractivity contribution is 5.18. The van der Waals surface area contributed by atoms with Crippen molar-refractivity contribution >= 4 is 0 Å². The van der Waals surface area contributed by atoms with Crippen LogP contribution in [0, 0.1) is 0 Å². The number of methoxy groups -OCH3 is 1. The molecule has 0 fully saturated rings. The molecule has 12 heavy (non-hydrogen) atoms. The molecule has 0 spiro atoms. The smallest absolute Gasteiger partial charge is 0.213 e. The molecule has 0 saturated carbocycles. The molecule has 0 radical (unpaired) electrons. The second-order valence-corrected chi connectivity index (χ2v) is 2.74. The van der Waals surface area contributed by atoms with Gasteiger partial charge in [0.25, 0.3) is 0 Å². The maximum absolute atomic E-state index is 5.51. The summed E-state index contributed by atoms with van der Waals surface area (Å²) in [4.78, 5) is 4.26. The predicted octanol–water partition coefficient (Wildman–Crippen LogP) is 1.15. The average molecular weight is 166 g/mol. The third-order valence-corrected chi connectivity index (χ3v) is 1.81. The van der Waals surface area contributed by atoms with Crippen molar-refractivity contribution in [1.29, 1.82) is 0 Å². The second kappa shape index (κ2) is 4.07. The topological polar surface area (TPSA) is 48.1 Å². The summed E-state index contributed by atoms with van der Waals surface area (Å²) >= 11 is 0. The molecule has 0 saturated heterocycles. The molecular weight excluding hydrogens is 152 g/mol. The number of rotatable bonds is 3. The first-order chi connectivity index (χ1) is 5.77. The fraction of sp³-hybridized carbons (Fsp3) is 0.444. The van der Waals surface area contributed by atoms with Gasteiger partial charge >= 0.3 is 0 Å². The molecule has 3 nitrogen and oxygen atoms in total. The van der Waals surface area contributed by atoms with Gasteiger partial charge in [-0.25, -0.2) is 4.98 Å². The summed E-state index contributed by atoms with van der Waals surface area (Å²) in [7, 11) is 1.61. The van der Waals surface area contributed by atoms with Crippen molar-refractivity contribution in [3.8, 4) is 5.88 Å². The summed E-state index contributed by atoms with van der Waals surface area (Å²) in [6.07, 6.45) is 0. The molecule has 1 aromatic rings. The largest absolute Gasteiger partial charge is 0.481 e. The molecule has 2 N–H and O–H groups in total. The summed E-state index contributed by atoms with van der Waals surface area (Å²) in [6.45, 7) is 2.65. The van der Waals surface area contributed by atoms with Gasteiger partial charge in [-0.15, -0.1) is 0 Å². The Kier molecular flexibility index (Phi) is 3.05. The van der Waals surface area contributed by atoms with Crippen LogP contribution in [0.25, 0.3) is 0 Å². The molecule has 66 valence electrons. The lowest BCUT2D eigenvalue weighted by Gasteiger charge is -2.08. The minimum absolute atomic E-state index is 0.292. The molecule has 0 aromatic carbocycles. The first-order valence-electron chi connectivity index (χ1n) is 3.99. The number of ether oxygens (including phenoxy) is 1. The number of aromatic nitrogens is 1. The van der Waals surface area contributed by atoms with Crippen molar-refractivity contribution in [1.82, 2.24) is 4.98 Å². The van der Waals surface area contributed by atoms with E-state index in [2.05, 4.69) is 4.98 Å². The van der Waals surface area contributed by atoms with Crippen LogP contribution in [0.1, 0.15) is 18.5 Å². The van der Waals surface area contributed by atoms with Crippen molar-refractivity contribution in [3.63, 3.8) is 0 Å². The van der Waals surface area contributed by atoms with Gasteiger partial charge in [0, 0.05) is 24.2 Å². The van der Waals surface area contributed by atoms with Crippen LogP contribution in [-0.4, -0.2) is 18.6 Å². The summed E-state index contributed by atoms with van der Waals surface area (Å²) in [5.74, 6) is 0.938. The van der Waals surface area contributed by atoms with Crippen LogP contribution in [-0.2, 0) is 0 Å². The molecule has 1 atom stereocenters. The van der Waals surface area contributed by atoms with Gasteiger partial charge in [0.05, 0.1) is 7.11 Å². The Morgan fingerprint density at radius 2 is 2.33 bits per heavy atom. The maximum Gasteiger partial charge on any atom is 0.213 e. The lowest BCUT2D eigenvalue weighted by Crippen LogP contribution is -2.10. The van der Waals surface area contributed by atoms with Crippen LogP contribution in [0.5, 0.6) is 5.88 Å². The lowest BCUT2D eigenvalue weighted by molar-refractivity contribution is 0.395. The molecular formula is C9H14N2O. The molecule has 1 rings (SSSR count). The van der Waals surface area contributed by atoms with E-state index >= 15 is 0 Å². The Morgan fingerprint density at radius 1 is 1.58 bits per heavy atom. The molecule has 0 aliphatic heterocycles. The maximum atomic E-state index is 5.51. The van der Waals surface area contributed by atoms with Crippen LogP contribution in [0.4, 0.5) is 0 Å². The van der Waals surface area contributed by atoms with Crippen molar-refractivity contribution in [2.45, 2.75) is 12.8 Å². The molecule has 3 heteroatoms. The SMILES string of the molecule is COc1cccc([C@H](C)CN)n1. The van der Waals surface area contributed by atoms with Crippen molar-refractivity contribution in [3.05, 3.63) is 23.9 Å². The van der Waals surface area contributed by atoms with Crippen molar-refractivity contribution in [2.75, 3.05) is 13.7 Å². The number of hydrogen-bond acceptors (Lipinski definition) is 3. The lowest BCUT2D eigenvalue weighted by atomic mass is 10.1.